The van der Waals surface area contributed by atoms with Gasteiger partial charge in [-0.25, -0.2) is 9.86 Å². The summed E-state index contributed by atoms with van der Waals surface area (Å²) >= 11 is 0. The van der Waals surface area contributed by atoms with Crippen LogP contribution in [0.25, 0.3) is 0 Å². The lowest BCUT2D eigenvalue weighted by molar-refractivity contribution is -0.173. The average molecular weight is 256 g/mol. The predicted octanol–water partition coefficient (Wildman–Crippen LogP) is 0.105. The number of nitrogens with zero attached hydrogens (tertiary/aromatic N) is 2. The Kier molecular flexibility index (Phi) is 4.88. The van der Waals surface area contributed by atoms with Crippen LogP contribution in [0.15, 0.2) is 28.0 Å². The number of oxime groups is 1. The number of carboxylic acid groups (broad SMARTS) is 1. The fourth-order valence-corrected chi connectivity index (χ4v) is 0.947. The standard InChI is InChI=1S/C10H12N2O6/c1-12(16-2)8(13)6-18-11-9(10(14)15)7-4-3-5-17-7/h3-5H,6H2,1-2H3,(H,14,15). The number of amides is 1. The van der Waals surface area contributed by atoms with Crippen molar-refractivity contribution in [3.8, 4) is 0 Å². The minimum Gasteiger partial charge on any atom is -0.476 e. The van der Waals surface area contributed by atoms with Gasteiger partial charge in [-0.1, -0.05) is 5.16 Å². The molecule has 0 aliphatic carbocycles. The molecule has 1 amide bonds. The van der Waals surface area contributed by atoms with Crippen molar-refractivity contribution in [3.63, 3.8) is 0 Å². The summed E-state index contributed by atoms with van der Waals surface area (Å²) in [6.45, 7) is -0.443. The fourth-order valence-electron chi connectivity index (χ4n) is 0.947. The Morgan fingerprint density at radius 1 is 1.56 bits per heavy atom. The largest absolute Gasteiger partial charge is 0.476 e. The third-order valence-corrected chi connectivity index (χ3v) is 1.93. The normalized spacial score (nSPS) is 11.1. The maximum absolute atomic E-state index is 11.2. The van der Waals surface area contributed by atoms with Gasteiger partial charge in [0.25, 0.3) is 5.91 Å². The van der Waals surface area contributed by atoms with E-state index in [4.69, 9.17) is 9.52 Å². The van der Waals surface area contributed by atoms with Crippen molar-refractivity contribution in [1.82, 2.24) is 5.06 Å². The van der Waals surface area contributed by atoms with E-state index >= 15 is 0 Å². The fraction of sp³-hybridized carbons (Fsp3) is 0.300. The molecule has 98 valence electrons. The first-order valence-corrected chi connectivity index (χ1v) is 4.84. The van der Waals surface area contributed by atoms with E-state index in [9.17, 15) is 9.59 Å². The molecule has 1 N–H and O–H groups in total. The van der Waals surface area contributed by atoms with Crippen LogP contribution in [-0.2, 0) is 19.3 Å². The maximum Gasteiger partial charge on any atom is 0.361 e. The summed E-state index contributed by atoms with van der Waals surface area (Å²) in [7, 11) is 2.70. The van der Waals surface area contributed by atoms with Gasteiger partial charge in [0.15, 0.2) is 12.4 Å². The van der Waals surface area contributed by atoms with Gasteiger partial charge in [0.1, 0.15) is 0 Å². The zero-order valence-corrected chi connectivity index (χ0v) is 9.82. The van der Waals surface area contributed by atoms with Crippen LogP contribution in [0.5, 0.6) is 0 Å². The molecule has 1 heterocycles. The minimum absolute atomic E-state index is 0.0371. The topological polar surface area (TPSA) is 102 Å². The second kappa shape index (κ2) is 6.40. The molecule has 18 heavy (non-hydrogen) atoms. The van der Waals surface area contributed by atoms with Crippen LogP contribution in [-0.4, -0.2) is 48.5 Å². The van der Waals surface area contributed by atoms with Gasteiger partial charge >= 0.3 is 5.97 Å². The second-order valence-electron chi connectivity index (χ2n) is 3.07. The first-order chi connectivity index (χ1) is 8.56. The van der Waals surface area contributed by atoms with E-state index in [0.29, 0.717) is 0 Å². The van der Waals surface area contributed by atoms with Gasteiger partial charge < -0.3 is 14.4 Å². The van der Waals surface area contributed by atoms with Crippen molar-refractivity contribution in [2.75, 3.05) is 20.8 Å². The zero-order valence-electron chi connectivity index (χ0n) is 9.82. The predicted molar refractivity (Wildman–Crippen MR) is 58.6 cm³/mol. The van der Waals surface area contributed by atoms with Crippen molar-refractivity contribution in [2.45, 2.75) is 0 Å². The number of hydroxylamine groups is 2. The Bertz CT molecular complexity index is 439. The smallest absolute Gasteiger partial charge is 0.361 e. The minimum atomic E-state index is -1.32. The molecule has 0 atom stereocenters. The number of hydrogen-bond acceptors (Lipinski definition) is 6. The van der Waals surface area contributed by atoms with Crippen molar-refractivity contribution >= 4 is 17.6 Å². The van der Waals surface area contributed by atoms with E-state index in [1.807, 2.05) is 0 Å². The SMILES string of the molecule is CON(C)C(=O)CON=C(C(=O)O)c1ccco1. The molecule has 0 aliphatic heterocycles. The summed E-state index contributed by atoms with van der Waals surface area (Å²) in [5.41, 5.74) is -0.423. The third kappa shape index (κ3) is 3.59. The number of carbonyl (C=O) groups excluding carboxylic acids is 1. The number of rotatable bonds is 6. The summed E-state index contributed by atoms with van der Waals surface area (Å²) in [5.74, 6) is -1.79. The van der Waals surface area contributed by atoms with Crippen LogP contribution in [0.3, 0.4) is 0 Å². The highest BCUT2D eigenvalue weighted by atomic mass is 16.7. The Balaban J connectivity index is 2.63. The molecule has 0 aliphatic rings. The third-order valence-electron chi connectivity index (χ3n) is 1.93. The summed E-state index contributed by atoms with van der Waals surface area (Å²) in [6, 6.07) is 2.93. The summed E-state index contributed by atoms with van der Waals surface area (Å²) < 4.78 is 4.87. The average Bonchev–Trinajstić information content (AvgIpc) is 2.86. The molecule has 0 radical (unpaired) electrons. The maximum atomic E-state index is 11.2. The zero-order chi connectivity index (χ0) is 13.5. The number of likely N-dealkylation sites (N-methyl/N-ethyl adjacent to an activating group) is 1. The van der Waals surface area contributed by atoms with Crippen LogP contribution in [0.2, 0.25) is 0 Å². The summed E-state index contributed by atoms with van der Waals surface area (Å²) in [4.78, 5) is 31.4. The van der Waals surface area contributed by atoms with E-state index in [0.717, 1.165) is 5.06 Å². The van der Waals surface area contributed by atoms with E-state index in [1.165, 1.54) is 32.6 Å². The molecule has 8 heteroatoms. The van der Waals surface area contributed by atoms with Crippen molar-refractivity contribution in [3.05, 3.63) is 24.2 Å². The number of hydrogen-bond donors (Lipinski definition) is 1. The number of carbonyl (C=O) groups is 2. The van der Waals surface area contributed by atoms with Crippen molar-refractivity contribution in [2.24, 2.45) is 5.16 Å². The molecule has 1 rings (SSSR count). The van der Waals surface area contributed by atoms with Gasteiger partial charge in [0.2, 0.25) is 5.71 Å². The summed E-state index contributed by atoms with van der Waals surface area (Å²) in [6.07, 6.45) is 1.30. The van der Waals surface area contributed by atoms with Gasteiger partial charge in [-0.05, 0) is 12.1 Å². The van der Waals surface area contributed by atoms with Crippen molar-refractivity contribution in [1.29, 1.82) is 0 Å². The molecule has 0 aromatic carbocycles. The van der Waals surface area contributed by atoms with Gasteiger partial charge in [-0.3, -0.25) is 9.63 Å². The lowest BCUT2D eigenvalue weighted by Gasteiger charge is -2.12. The quantitative estimate of drug-likeness (QED) is 0.572. The molecule has 0 fully saturated rings. The summed E-state index contributed by atoms with van der Waals surface area (Å²) in [5, 5.41) is 13.2. The number of aliphatic carboxylic acids is 1. The molecular formula is C10H12N2O6. The highest BCUT2D eigenvalue weighted by molar-refractivity contribution is 6.41. The van der Waals surface area contributed by atoms with Crippen LogP contribution in [0, 0.1) is 0 Å². The Hall–Kier alpha value is -2.35. The highest BCUT2D eigenvalue weighted by Gasteiger charge is 2.17. The van der Waals surface area contributed by atoms with Crippen LogP contribution < -0.4 is 0 Å². The van der Waals surface area contributed by atoms with E-state index in [-0.39, 0.29) is 5.76 Å². The van der Waals surface area contributed by atoms with Gasteiger partial charge in [-0.2, -0.15) is 0 Å². The molecular weight excluding hydrogens is 244 g/mol. The first-order valence-electron chi connectivity index (χ1n) is 4.84. The molecule has 1 aromatic heterocycles. The Labute approximate surface area is 102 Å². The first kappa shape index (κ1) is 13.7. The second-order valence-corrected chi connectivity index (χ2v) is 3.07. The lowest BCUT2D eigenvalue weighted by atomic mass is 10.3. The van der Waals surface area contributed by atoms with Crippen molar-refractivity contribution < 1.29 is 28.8 Å². The van der Waals surface area contributed by atoms with Crippen LogP contribution in [0.4, 0.5) is 0 Å². The number of carboxylic acids is 1. The molecule has 8 nitrogen and oxygen atoms in total. The monoisotopic (exact) mass is 256 g/mol. The molecule has 0 saturated heterocycles. The molecule has 0 spiro atoms. The van der Waals surface area contributed by atoms with Gasteiger partial charge in [-0.15, -0.1) is 0 Å². The highest BCUT2D eigenvalue weighted by Crippen LogP contribution is 2.03. The van der Waals surface area contributed by atoms with Gasteiger partial charge in [0.05, 0.1) is 13.4 Å². The van der Waals surface area contributed by atoms with E-state index < -0.39 is 24.2 Å². The molecule has 0 bridgehead atoms. The molecule has 1 aromatic rings. The number of furan rings is 1. The van der Waals surface area contributed by atoms with Crippen LogP contribution in [0.1, 0.15) is 5.76 Å². The lowest BCUT2D eigenvalue weighted by Crippen LogP contribution is -2.29. The molecule has 0 saturated carbocycles. The van der Waals surface area contributed by atoms with E-state index in [2.05, 4.69) is 14.8 Å². The molecule has 0 unspecified atom stereocenters. The van der Waals surface area contributed by atoms with Crippen LogP contribution >= 0.6 is 0 Å². The Morgan fingerprint density at radius 3 is 2.78 bits per heavy atom. The van der Waals surface area contributed by atoms with E-state index in [1.54, 1.807) is 0 Å². The van der Waals surface area contributed by atoms with Gasteiger partial charge in [0, 0.05) is 7.05 Å². The Morgan fingerprint density at radius 2 is 2.28 bits per heavy atom.